The maximum atomic E-state index is 12.1. The minimum absolute atomic E-state index is 0.0704. The van der Waals surface area contributed by atoms with Gasteiger partial charge in [-0.1, -0.05) is 0 Å². The first-order valence-electron chi connectivity index (χ1n) is 8.22. The van der Waals surface area contributed by atoms with Crippen LogP contribution in [0.5, 0.6) is 0 Å². The Labute approximate surface area is 144 Å². The van der Waals surface area contributed by atoms with E-state index in [9.17, 15) is 4.79 Å². The van der Waals surface area contributed by atoms with E-state index in [-0.39, 0.29) is 5.91 Å². The number of carbonyl (C=O) groups excluding carboxylic acids is 1. The molecule has 1 N–H and O–H groups in total. The molecule has 0 unspecified atom stereocenters. The number of carbonyl (C=O) groups is 1. The predicted octanol–water partition coefficient (Wildman–Crippen LogP) is 0.976. The van der Waals surface area contributed by atoms with E-state index < -0.39 is 11.7 Å². The van der Waals surface area contributed by atoms with Gasteiger partial charge in [-0.15, -0.1) is 11.3 Å². The molecule has 0 saturated carbocycles. The number of thiazole rings is 1. The lowest BCUT2D eigenvalue weighted by Crippen LogP contribution is -2.53. The fourth-order valence-corrected chi connectivity index (χ4v) is 4.29. The molecule has 7 nitrogen and oxygen atoms in total. The van der Waals surface area contributed by atoms with Gasteiger partial charge < -0.3 is 14.6 Å². The van der Waals surface area contributed by atoms with Gasteiger partial charge in [0.15, 0.2) is 6.10 Å². The summed E-state index contributed by atoms with van der Waals surface area (Å²) in [4.78, 5) is 23.4. The van der Waals surface area contributed by atoms with E-state index >= 15 is 0 Å². The SMILES string of the molecule is CNC(=O)[C@@H]1Cn2ccnc2C2(CCN(Cc3nccs3)CC2)O1. The van der Waals surface area contributed by atoms with Gasteiger partial charge in [-0.3, -0.25) is 9.69 Å². The monoisotopic (exact) mass is 347 g/mol. The number of likely N-dealkylation sites (tertiary alicyclic amines) is 1. The van der Waals surface area contributed by atoms with E-state index in [1.54, 1.807) is 24.6 Å². The average Bonchev–Trinajstić information content (AvgIpc) is 3.28. The maximum absolute atomic E-state index is 12.1. The first-order chi connectivity index (χ1) is 11.7. The van der Waals surface area contributed by atoms with Crippen LogP contribution in [0.4, 0.5) is 0 Å². The zero-order valence-electron chi connectivity index (χ0n) is 13.6. The van der Waals surface area contributed by atoms with Crippen LogP contribution in [0, 0.1) is 0 Å². The zero-order chi connectivity index (χ0) is 16.6. The predicted molar refractivity (Wildman–Crippen MR) is 89.5 cm³/mol. The highest BCUT2D eigenvalue weighted by atomic mass is 32.1. The molecule has 2 aliphatic heterocycles. The number of hydrogen-bond donors (Lipinski definition) is 1. The van der Waals surface area contributed by atoms with Crippen LogP contribution in [0.2, 0.25) is 0 Å². The number of hydrogen-bond acceptors (Lipinski definition) is 6. The van der Waals surface area contributed by atoms with Gasteiger partial charge in [0.2, 0.25) is 0 Å². The summed E-state index contributed by atoms with van der Waals surface area (Å²) >= 11 is 1.69. The van der Waals surface area contributed by atoms with Gasteiger partial charge in [0.1, 0.15) is 16.4 Å². The Bertz CT molecular complexity index is 706. The summed E-state index contributed by atoms with van der Waals surface area (Å²) in [6, 6.07) is 0. The van der Waals surface area contributed by atoms with E-state index in [1.165, 1.54) is 0 Å². The van der Waals surface area contributed by atoms with Crippen molar-refractivity contribution in [2.75, 3.05) is 20.1 Å². The number of rotatable bonds is 3. The van der Waals surface area contributed by atoms with Crippen LogP contribution in [0.1, 0.15) is 23.7 Å². The molecule has 2 aromatic heterocycles. The summed E-state index contributed by atoms with van der Waals surface area (Å²) in [5.41, 5.74) is -0.460. The number of fused-ring (bicyclic) bond motifs is 2. The standard InChI is InChI=1S/C16H21N5O2S/c1-17-14(22)12-10-21-8-4-19-15(21)16(23-12)2-6-20(7-3-16)11-13-18-5-9-24-13/h4-5,8-9,12H,2-3,6-7,10-11H2,1H3,(H,17,22)/t12-/m0/s1. The van der Waals surface area contributed by atoms with Crippen molar-refractivity contribution in [2.45, 2.75) is 37.6 Å². The van der Waals surface area contributed by atoms with Gasteiger partial charge in [0, 0.05) is 44.1 Å². The Kier molecular flexibility index (Phi) is 4.11. The molecule has 1 saturated heterocycles. The molecule has 0 aliphatic carbocycles. The van der Waals surface area contributed by atoms with Crippen molar-refractivity contribution >= 4 is 17.2 Å². The topological polar surface area (TPSA) is 72.3 Å². The Morgan fingerprint density at radius 2 is 2.25 bits per heavy atom. The summed E-state index contributed by atoms with van der Waals surface area (Å²) in [6.07, 6.45) is 6.81. The molecule has 0 radical (unpaired) electrons. The van der Waals surface area contributed by atoms with Crippen LogP contribution >= 0.6 is 11.3 Å². The van der Waals surface area contributed by atoms with Gasteiger partial charge in [-0.05, 0) is 12.8 Å². The number of nitrogens with zero attached hydrogens (tertiary/aromatic N) is 4. The Morgan fingerprint density at radius 1 is 1.42 bits per heavy atom. The third kappa shape index (κ3) is 2.74. The molecule has 1 fully saturated rings. The molecular weight excluding hydrogens is 326 g/mol. The van der Waals surface area contributed by atoms with Crippen molar-refractivity contribution in [1.29, 1.82) is 0 Å². The first-order valence-corrected chi connectivity index (χ1v) is 9.10. The lowest BCUT2D eigenvalue weighted by atomic mass is 9.88. The quantitative estimate of drug-likeness (QED) is 0.896. The van der Waals surface area contributed by atoms with Crippen molar-refractivity contribution in [3.63, 3.8) is 0 Å². The number of nitrogens with one attached hydrogen (secondary N) is 1. The smallest absolute Gasteiger partial charge is 0.250 e. The molecule has 1 atom stereocenters. The molecule has 2 aliphatic rings. The fourth-order valence-electron chi connectivity index (χ4n) is 3.63. The van der Waals surface area contributed by atoms with E-state index in [0.29, 0.717) is 6.54 Å². The summed E-state index contributed by atoms with van der Waals surface area (Å²) < 4.78 is 8.37. The third-order valence-corrected chi connectivity index (χ3v) is 5.66. The Hall–Kier alpha value is -1.77. The van der Waals surface area contributed by atoms with Crippen LogP contribution in [0.3, 0.4) is 0 Å². The van der Waals surface area contributed by atoms with Gasteiger partial charge in [0.05, 0.1) is 13.1 Å². The maximum Gasteiger partial charge on any atom is 0.250 e. The van der Waals surface area contributed by atoms with Crippen LogP contribution < -0.4 is 5.32 Å². The molecule has 4 heterocycles. The molecule has 1 amide bonds. The van der Waals surface area contributed by atoms with Crippen LogP contribution in [-0.2, 0) is 28.2 Å². The lowest BCUT2D eigenvalue weighted by Gasteiger charge is -2.45. The number of imidazole rings is 1. The summed E-state index contributed by atoms with van der Waals surface area (Å²) in [7, 11) is 1.65. The fraction of sp³-hybridized carbons (Fsp3) is 0.562. The molecule has 0 aromatic carbocycles. The largest absolute Gasteiger partial charge is 0.357 e. The second-order valence-corrected chi connectivity index (χ2v) is 7.30. The molecule has 8 heteroatoms. The van der Waals surface area contributed by atoms with Gasteiger partial charge in [0.25, 0.3) is 5.91 Å². The number of likely N-dealkylation sites (N-methyl/N-ethyl adjacent to an activating group) is 1. The summed E-state index contributed by atoms with van der Waals surface area (Å²) in [5.74, 6) is 0.885. The third-order valence-electron chi connectivity index (χ3n) is 4.90. The molecular formula is C16H21N5O2S. The van der Waals surface area contributed by atoms with E-state index in [4.69, 9.17) is 4.74 Å². The molecule has 1 spiro atoms. The van der Waals surface area contributed by atoms with Crippen LogP contribution in [0.25, 0.3) is 0 Å². The summed E-state index contributed by atoms with van der Waals surface area (Å²) in [5, 5.41) is 5.85. The number of piperidine rings is 1. The van der Waals surface area contributed by atoms with Crippen molar-refractivity contribution in [3.05, 3.63) is 34.8 Å². The van der Waals surface area contributed by atoms with Gasteiger partial charge in [-0.25, -0.2) is 9.97 Å². The minimum atomic E-state index is -0.460. The molecule has 2 aromatic rings. The van der Waals surface area contributed by atoms with Gasteiger partial charge >= 0.3 is 0 Å². The lowest BCUT2D eigenvalue weighted by molar-refractivity contribution is -0.173. The Morgan fingerprint density at radius 3 is 2.96 bits per heavy atom. The van der Waals surface area contributed by atoms with E-state index in [2.05, 4.69) is 24.8 Å². The molecule has 0 bridgehead atoms. The zero-order valence-corrected chi connectivity index (χ0v) is 14.5. The van der Waals surface area contributed by atoms with Crippen LogP contribution in [0.15, 0.2) is 24.0 Å². The average molecular weight is 347 g/mol. The first kappa shape index (κ1) is 15.7. The molecule has 24 heavy (non-hydrogen) atoms. The minimum Gasteiger partial charge on any atom is -0.357 e. The van der Waals surface area contributed by atoms with Crippen molar-refractivity contribution in [2.24, 2.45) is 0 Å². The number of ether oxygens (including phenoxy) is 1. The normalized spacial score (nSPS) is 23.1. The van der Waals surface area contributed by atoms with Crippen LogP contribution in [-0.4, -0.2) is 51.6 Å². The number of amides is 1. The van der Waals surface area contributed by atoms with E-state index in [0.717, 1.165) is 43.3 Å². The van der Waals surface area contributed by atoms with Gasteiger partial charge in [-0.2, -0.15) is 0 Å². The van der Waals surface area contributed by atoms with Crippen molar-refractivity contribution < 1.29 is 9.53 Å². The van der Waals surface area contributed by atoms with Crippen molar-refractivity contribution in [3.8, 4) is 0 Å². The Balaban J connectivity index is 1.51. The molecule has 4 rings (SSSR count). The summed E-state index contributed by atoms with van der Waals surface area (Å²) in [6.45, 7) is 3.22. The highest BCUT2D eigenvalue weighted by molar-refractivity contribution is 7.09. The highest BCUT2D eigenvalue weighted by Gasteiger charge is 2.46. The number of aromatic nitrogens is 3. The second-order valence-electron chi connectivity index (χ2n) is 6.32. The van der Waals surface area contributed by atoms with E-state index in [1.807, 2.05) is 17.8 Å². The highest BCUT2D eigenvalue weighted by Crippen LogP contribution is 2.40. The molecule has 128 valence electrons. The second kappa shape index (κ2) is 6.27. The van der Waals surface area contributed by atoms with Crippen molar-refractivity contribution in [1.82, 2.24) is 24.8 Å².